The van der Waals surface area contributed by atoms with Crippen LogP contribution in [-0.2, 0) is 9.59 Å². The Kier molecular flexibility index (Phi) is 10.3. The molecule has 8 nitrogen and oxygen atoms in total. The van der Waals surface area contributed by atoms with Gasteiger partial charge in [-0.25, -0.2) is 0 Å². The van der Waals surface area contributed by atoms with Gasteiger partial charge < -0.3 is 24.4 Å². The lowest BCUT2D eigenvalue weighted by molar-refractivity contribution is -0.128. The minimum Gasteiger partial charge on any atom is -0.493 e. The number of likely N-dealkylation sites (N-methyl/N-ethyl adjacent to an activating group) is 1. The Morgan fingerprint density at radius 3 is 2.10 bits per heavy atom. The molecule has 0 spiro atoms. The van der Waals surface area contributed by atoms with E-state index >= 15 is 0 Å². The Morgan fingerprint density at radius 1 is 1.03 bits per heavy atom. The van der Waals surface area contributed by atoms with Crippen molar-refractivity contribution >= 4 is 30.3 Å². The Labute approximate surface area is 178 Å². The van der Waals surface area contributed by atoms with Gasteiger partial charge in [-0.05, 0) is 30.7 Å². The number of nitrogens with one attached hydrogen (secondary N) is 1. The first-order chi connectivity index (χ1) is 13.5. The summed E-state index contributed by atoms with van der Waals surface area (Å²) >= 11 is 0. The molecule has 0 unspecified atom stereocenters. The van der Waals surface area contributed by atoms with Crippen LogP contribution in [0, 0.1) is 0 Å². The molecule has 0 aliphatic carbocycles. The van der Waals surface area contributed by atoms with Crippen molar-refractivity contribution in [3.63, 3.8) is 0 Å². The lowest BCUT2D eigenvalue weighted by atomic mass is 10.1. The zero-order valence-corrected chi connectivity index (χ0v) is 18.2. The van der Waals surface area contributed by atoms with Crippen LogP contribution in [0.4, 0.5) is 0 Å². The summed E-state index contributed by atoms with van der Waals surface area (Å²) in [6, 6.07) is 3.57. The highest BCUT2D eigenvalue weighted by molar-refractivity contribution is 5.92. The van der Waals surface area contributed by atoms with Crippen LogP contribution >= 0.6 is 12.4 Å². The fourth-order valence-electron chi connectivity index (χ4n) is 3.05. The van der Waals surface area contributed by atoms with E-state index in [0.29, 0.717) is 56.5 Å². The van der Waals surface area contributed by atoms with Gasteiger partial charge in [-0.3, -0.25) is 14.5 Å². The molecule has 29 heavy (non-hydrogen) atoms. The summed E-state index contributed by atoms with van der Waals surface area (Å²) in [5.74, 6) is 1.54. The molecule has 1 fully saturated rings. The van der Waals surface area contributed by atoms with Crippen LogP contribution in [0.25, 0.3) is 6.08 Å². The van der Waals surface area contributed by atoms with Gasteiger partial charge in [0.15, 0.2) is 11.5 Å². The third-order valence-corrected chi connectivity index (χ3v) is 4.53. The maximum atomic E-state index is 12.5. The summed E-state index contributed by atoms with van der Waals surface area (Å²) in [6.07, 6.45) is 3.27. The molecule has 1 saturated heterocycles. The summed E-state index contributed by atoms with van der Waals surface area (Å²) in [6.45, 7) is 5.45. The lowest BCUT2D eigenvalue weighted by Gasteiger charge is -2.33. The topological polar surface area (TPSA) is 80.3 Å². The van der Waals surface area contributed by atoms with Crippen molar-refractivity contribution in [3.8, 4) is 17.2 Å². The first kappa shape index (κ1) is 24.6. The molecular formula is C20H30ClN3O5. The monoisotopic (exact) mass is 427 g/mol. The number of carbonyl (C=O) groups is 2. The van der Waals surface area contributed by atoms with Crippen molar-refractivity contribution in [2.75, 3.05) is 60.6 Å². The van der Waals surface area contributed by atoms with Crippen molar-refractivity contribution in [1.29, 1.82) is 0 Å². The van der Waals surface area contributed by atoms with Crippen LogP contribution in [0.3, 0.4) is 0 Å². The number of rotatable bonds is 8. The molecule has 9 heteroatoms. The SMILES string of the molecule is CCNC(=O)CN1CCN(C(=O)/C=C/c2cc(OC)c(OC)c(OC)c2)CC1.Cl. The number of amides is 2. The van der Waals surface area contributed by atoms with Gasteiger partial charge in [0.05, 0.1) is 27.9 Å². The van der Waals surface area contributed by atoms with E-state index in [1.807, 2.05) is 6.92 Å². The number of hydrogen-bond donors (Lipinski definition) is 1. The predicted octanol–water partition coefficient (Wildman–Crippen LogP) is 1.43. The summed E-state index contributed by atoms with van der Waals surface area (Å²) in [4.78, 5) is 28.0. The minimum absolute atomic E-state index is 0. The van der Waals surface area contributed by atoms with Gasteiger partial charge in [-0.1, -0.05) is 0 Å². The molecular weight excluding hydrogens is 398 g/mol. The Bertz CT molecular complexity index is 693. The third kappa shape index (κ3) is 6.83. The summed E-state index contributed by atoms with van der Waals surface area (Å²) < 4.78 is 16.0. The maximum absolute atomic E-state index is 12.5. The largest absolute Gasteiger partial charge is 0.493 e. The molecule has 162 valence electrons. The molecule has 0 radical (unpaired) electrons. The standard InChI is InChI=1S/C20H29N3O5.ClH/c1-5-21-18(24)14-22-8-10-23(11-9-22)19(25)7-6-15-12-16(26-2)20(28-4)17(13-15)27-3;/h6-7,12-13H,5,8-11,14H2,1-4H3,(H,21,24);1H/b7-6+;. The van der Waals surface area contributed by atoms with Gasteiger partial charge in [-0.2, -0.15) is 0 Å². The Hall–Kier alpha value is -2.45. The molecule has 1 aliphatic rings. The van der Waals surface area contributed by atoms with Crippen LogP contribution in [0.5, 0.6) is 17.2 Å². The van der Waals surface area contributed by atoms with Gasteiger partial charge in [0.25, 0.3) is 0 Å². The number of piperazine rings is 1. The van der Waals surface area contributed by atoms with Crippen molar-refractivity contribution in [2.45, 2.75) is 6.92 Å². The maximum Gasteiger partial charge on any atom is 0.246 e. The average molecular weight is 428 g/mol. The van der Waals surface area contributed by atoms with Crippen LogP contribution in [-0.4, -0.2) is 82.2 Å². The number of methoxy groups -OCH3 is 3. The number of benzene rings is 1. The molecule has 0 saturated carbocycles. The average Bonchev–Trinajstić information content (AvgIpc) is 2.71. The minimum atomic E-state index is -0.0635. The van der Waals surface area contributed by atoms with E-state index in [1.165, 1.54) is 0 Å². The van der Waals surface area contributed by atoms with Crippen LogP contribution in [0.15, 0.2) is 18.2 Å². The second-order valence-corrected chi connectivity index (χ2v) is 6.35. The second-order valence-electron chi connectivity index (χ2n) is 6.35. The molecule has 1 aromatic carbocycles. The fraction of sp³-hybridized carbons (Fsp3) is 0.500. The Balaban J connectivity index is 0.00000420. The van der Waals surface area contributed by atoms with E-state index in [9.17, 15) is 9.59 Å². The smallest absolute Gasteiger partial charge is 0.246 e. The molecule has 2 rings (SSSR count). The summed E-state index contributed by atoms with van der Waals surface area (Å²) in [5.41, 5.74) is 0.776. The third-order valence-electron chi connectivity index (χ3n) is 4.53. The van der Waals surface area contributed by atoms with Crippen LogP contribution in [0.2, 0.25) is 0 Å². The number of halogens is 1. The van der Waals surface area contributed by atoms with Gasteiger partial charge >= 0.3 is 0 Å². The number of carbonyl (C=O) groups excluding carboxylic acids is 2. The molecule has 0 bridgehead atoms. The van der Waals surface area contributed by atoms with E-state index in [2.05, 4.69) is 10.2 Å². The van der Waals surface area contributed by atoms with Gasteiger partial charge in [0.2, 0.25) is 17.6 Å². The predicted molar refractivity (Wildman–Crippen MR) is 114 cm³/mol. The highest BCUT2D eigenvalue weighted by Gasteiger charge is 2.21. The highest BCUT2D eigenvalue weighted by atomic mass is 35.5. The van der Waals surface area contributed by atoms with E-state index < -0.39 is 0 Å². The van der Waals surface area contributed by atoms with E-state index in [4.69, 9.17) is 14.2 Å². The first-order valence-corrected chi connectivity index (χ1v) is 9.28. The van der Waals surface area contributed by atoms with Crippen LogP contribution in [0.1, 0.15) is 12.5 Å². The second kappa shape index (κ2) is 12.2. The van der Waals surface area contributed by atoms with Crippen LogP contribution < -0.4 is 19.5 Å². The molecule has 1 heterocycles. The Morgan fingerprint density at radius 2 is 1.62 bits per heavy atom. The van der Waals surface area contributed by atoms with Crippen molar-refractivity contribution in [3.05, 3.63) is 23.8 Å². The summed E-state index contributed by atoms with van der Waals surface area (Å²) in [5, 5.41) is 2.79. The van der Waals surface area contributed by atoms with Crippen molar-refractivity contribution in [2.24, 2.45) is 0 Å². The molecule has 0 atom stereocenters. The highest BCUT2D eigenvalue weighted by Crippen LogP contribution is 2.38. The number of ether oxygens (including phenoxy) is 3. The molecule has 2 amide bonds. The van der Waals surface area contributed by atoms with Gasteiger partial charge in [-0.15, -0.1) is 12.4 Å². The number of hydrogen-bond acceptors (Lipinski definition) is 6. The normalized spacial score (nSPS) is 14.3. The van der Waals surface area contributed by atoms with E-state index in [1.54, 1.807) is 50.5 Å². The van der Waals surface area contributed by atoms with Crippen molar-refractivity contribution < 1.29 is 23.8 Å². The van der Waals surface area contributed by atoms with E-state index in [0.717, 1.165) is 5.56 Å². The lowest BCUT2D eigenvalue weighted by Crippen LogP contribution is -2.50. The van der Waals surface area contributed by atoms with Gasteiger partial charge in [0.1, 0.15) is 0 Å². The molecule has 1 aliphatic heterocycles. The first-order valence-electron chi connectivity index (χ1n) is 9.28. The zero-order chi connectivity index (χ0) is 20.5. The molecule has 1 aromatic rings. The summed E-state index contributed by atoms with van der Waals surface area (Å²) in [7, 11) is 4.65. The quantitative estimate of drug-likeness (QED) is 0.632. The van der Waals surface area contributed by atoms with E-state index in [-0.39, 0.29) is 24.2 Å². The van der Waals surface area contributed by atoms with Crippen molar-refractivity contribution in [1.82, 2.24) is 15.1 Å². The van der Waals surface area contributed by atoms with Gasteiger partial charge in [0, 0.05) is 38.8 Å². The molecule has 1 N–H and O–H groups in total. The number of nitrogens with zero attached hydrogens (tertiary/aromatic N) is 2. The molecule has 0 aromatic heterocycles. The zero-order valence-electron chi connectivity index (χ0n) is 17.4. The fourth-order valence-corrected chi connectivity index (χ4v) is 3.05.